The van der Waals surface area contributed by atoms with Crippen molar-refractivity contribution >= 4 is 21.4 Å². The van der Waals surface area contributed by atoms with Gasteiger partial charge < -0.3 is 10.6 Å². The minimum atomic E-state index is -4.08. The fraction of sp³-hybridized carbons (Fsp3) is 0.333. The Morgan fingerprint density at radius 1 is 1.15 bits per heavy atom. The van der Waals surface area contributed by atoms with Crippen LogP contribution in [0.1, 0.15) is 26.3 Å². The van der Waals surface area contributed by atoms with Gasteiger partial charge in [-0.3, -0.25) is 4.79 Å². The average molecular weight is 477 g/mol. The molecule has 0 unspecified atom stereocenters. The number of sulfone groups is 1. The van der Waals surface area contributed by atoms with Crippen LogP contribution in [0, 0.1) is 11.6 Å². The zero-order chi connectivity index (χ0) is 24.1. The van der Waals surface area contributed by atoms with Crippen LogP contribution in [0.5, 0.6) is 0 Å². The molecule has 12 heteroatoms. The highest BCUT2D eigenvalue weighted by Crippen LogP contribution is 2.36. The molecule has 0 radical (unpaired) electrons. The number of aromatic nitrogens is 4. The van der Waals surface area contributed by atoms with Gasteiger partial charge in [0.25, 0.3) is 0 Å². The molecule has 1 aliphatic heterocycles. The van der Waals surface area contributed by atoms with Gasteiger partial charge in [0.05, 0.1) is 40.0 Å². The molecule has 0 fully saturated rings. The fourth-order valence-corrected chi connectivity index (χ4v) is 5.00. The predicted molar refractivity (Wildman–Crippen MR) is 116 cm³/mol. The number of amides is 1. The summed E-state index contributed by atoms with van der Waals surface area (Å²) in [5.74, 6) is -2.74. The summed E-state index contributed by atoms with van der Waals surface area (Å²) in [6, 6.07) is 6.09. The number of nitrogens with zero attached hydrogens (tertiary/aromatic N) is 5. The Kier molecular flexibility index (Phi) is 5.53. The van der Waals surface area contributed by atoms with Crippen LogP contribution in [0.4, 0.5) is 14.5 Å². The monoisotopic (exact) mass is 476 g/mol. The van der Waals surface area contributed by atoms with Crippen LogP contribution in [-0.4, -0.2) is 46.3 Å². The standard InChI is InChI=1S/C21H22F2N6O3S/c1-21(2,3)29-26-19(25-27-29)14-8-17-18(9-15(14)23)33(31,32)11-16(24)20(30)28(17)10-12-4-6-13(22)7-5-12/h4-9,16H,10-11,24H2,1-3H3/t16-/m0/s1. The summed E-state index contributed by atoms with van der Waals surface area (Å²) >= 11 is 0. The molecule has 1 aromatic heterocycles. The number of hydrogen-bond acceptors (Lipinski definition) is 7. The predicted octanol–water partition coefficient (Wildman–Crippen LogP) is 2.02. The summed E-state index contributed by atoms with van der Waals surface area (Å²) < 4.78 is 54.2. The maximum atomic E-state index is 15.1. The second kappa shape index (κ2) is 7.96. The van der Waals surface area contributed by atoms with Crippen molar-refractivity contribution in [3.63, 3.8) is 0 Å². The van der Waals surface area contributed by atoms with Gasteiger partial charge >= 0.3 is 0 Å². The highest BCUT2D eigenvalue weighted by atomic mass is 32.2. The number of carbonyl (C=O) groups is 1. The van der Waals surface area contributed by atoms with E-state index in [9.17, 15) is 17.6 Å². The number of hydrogen-bond donors (Lipinski definition) is 1. The number of fused-ring (bicyclic) bond motifs is 1. The SMILES string of the molecule is CC(C)(C)n1nnc(-c2cc3c(cc2F)S(=O)(=O)C[C@H](N)C(=O)N3Cc2ccc(F)cc2)n1. The van der Waals surface area contributed by atoms with Crippen LogP contribution in [0.3, 0.4) is 0 Å². The maximum absolute atomic E-state index is 15.1. The highest BCUT2D eigenvalue weighted by molar-refractivity contribution is 7.91. The molecule has 0 saturated carbocycles. The molecule has 1 amide bonds. The first-order valence-electron chi connectivity index (χ1n) is 10.1. The van der Waals surface area contributed by atoms with E-state index in [4.69, 9.17) is 5.73 Å². The van der Waals surface area contributed by atoms with Gasteiger partial charge in [0, 0.05) is 0 Å². The van der Waals surface area contributed by atoms with Gasteiger partial charge in [0.2, 0.25) is 11.7 Å². The third-order valence-corrected chi connectivity index (χ3v) is 6.96. The van der Waals surface area contributed by atoms with Gasteiger partial charge in [0.15, 0.2) is 9.84 Å². The van der Waals surface area contributed by atoms with E-state index >= 15 is 4.39 Å². The molecule has 0 saturated heterocycles. The van der Waals surface area contributed by atoms with Gasteiger partial charge in [0.1, 0.15) is 11.6 Å². The topological polar surface area (TPSA) is 124 Å². The molecule has 0 bridgehead atoms. The van der Waals surface area contributed by atoms with E-state index in [1.165, 1.54) is 35.1 Å². The smallest absolute Gasteiger partial charge is 0.245 e. The van der Waals surface area contributed by atoms with E-state index < -0.39 is 44.7 Å². The van der Waals surface area contributed by atoms with E-state index in [0.717, 1.165) is 11.0 Å². The second-order valence-electron chi connectivity index (χ2n) is 8.81. The number of rotatable bonds is 3. The molecule has 0 spiro atoms. The van der Waals surface area contributed by atoms with Gasteiger partial charge in [-0.2, -0.15) is 4.80 Å². The average Bonchev–Trinajstić information content (AvgIpc) is 3.21. The summed E-state index contributed by atoms with van der Waals surface area (Å²) in [7, 11) is -4.08. The summed E-state index contributed by atoms with van der Waals surface area (Å²) in [4.78, 5) is 15.2. The van der Waals surface area contributed by atoms with Crippen LogP contribution in [0.25, 0.3) is 11.4 Å². The summed E-state index contributed by atoms with van der Waals surface area (Å²) in [6.07, 6.45) is 0. The van der Waals surface area contributed by atoms with Gasteiger partial charge in [-0.15, -0.1) is 10.2 Å². The molecule has 1 aliphatic rings. The van der Waals surface area contributed by atoms with Crippen molar-refractivity contribution in [2.24, 2.45) is 5.73 Å². The zero-order valence-corrected chi connectivity index (χ0v) is 19.0. The molecule has 4 rings (SSSR count). The number of anilines is 1. The van der Waals surface area contributed by atoms with Crippen molar-refractivity contribution in [3.05, 3.63) is 53.6 Å². The maximum Gasteiger partial charge on any atom is 0.245 e. The third kappa shape index (κ3) is 4.35. The van der Waals surface area contributed by atoms with E-state index in [1.54, 1.807) is 0 Å². The first kappa shape index (κ1) is 22.9. The Morgan fingerprint density at radius 2 is 1.82 bits per heavy atom. The van der Waals surface area contributed by atoms with Crippen LogP contribution >= 0.6 is 0 Å². The van der Waals surface area contributed by atoms with E-state index in [1.807, 2.05) is 20.8 Å². The lowest BCUT2D eigenvalue weighted by Gasteiger charge is -2.24. The Balaban J connectivity index is 1.89. The lowest BCUT2D eigenvalue weighted by atomic mass is 10.1. The summed E-state index contributed by atoms with van der Waals surface area (Å²) in [6.45, 7) is 5.41. The fourth-order valence-electron chi connectivity index (χ4n) is 3.43. The molecular weight excluding hydrogens is 454 g/mol. The van der Waals surface area contributed by atoms with E-state index in [-0.39, 0.29) is 28.5 Å². The Labute approximate surface area is 189 Å². The number of benzene rings is 2. The number of carbonyl (C=O) groups excluding carboxylic acids is 1. The van der Waals surface area contributed by atoms with Crippen molar-refractivity contribution in [3.8, 4) is 11.4 Å². The van der Waals surface area contributed by atoms with Gasteiger partial charge in [-0.25, -0.2) is 17.2 Å². The Morgan fingerprint density at radius 3 is 2.42 bits per heavy atom. The summed E-state index contributed by atoms with van der Waals surface area (Å²) in [5, 5.41) is 12.0. The van der Waals surface area contributed by atoms with E-state index in [2.05, 4.69) is 15.4 Å². The second-order valence-corrected chi connectivity index (χ2v) is 10.8. The lowest BCUT2D eigenvalue weighted by Crippen LogP contribution is -2.45. The molecule has 33 heavy (non-hydrogen) atoms. The minimum Gasteiger partial charge on any atom is -0.319 e. The number of tetrazole rings is 1. The first-order chi connectivity index (χ1) is 15.4. The van der Waals surface area contributed by atoms with Crippen LogP contribution in [0.15, 0.2) is 41.3 Å². The van der Waals surface area contributed by atoms with Crippen molar-refractivity contribution in [1.82, 2.24) is 20.2 Å². The quantitative estimate of drug-likeness (QED) is 0.613. The van der Waals surface area contributed by atoms with Crippen LogP contribution in [0.2, 0.25) is 0 Å². The molecule has 9 nitrogen and oxygen atoms in total. The number of nitrogens with two attached hydrogens (primary N) is 1. The number of halogens is 2. The van der Waals surface area contributed by atoms with Gasteiger partial charge in [-0.1, -0.05) is 12.1 Å². The molecule has 2 aromatic carbocycles. The molecule has 2 N–H and O–H groups in total. The largest absolute Gasteiger partial charge is 0.319 e. The lowest BCUT2D eigenvalue weighted by molar-refractivity contribution is -0.119. The summed E-state index contributed by atoms with van der Waals surface area (Å²) in [5.41, 5.74) is 5.72. The molecule has 3 aromatic rings. The Bertz CT molecular complexity index is 1330. The molecule has 174 valence electrons. The van der Waals surface area contributed by atoms with E-state index in [0.29, 0.717) is 5.56 Å². The first-order valence-corrected chi connectivity index (χ1v) is 11.7. The van der Waals surface area contributed by atoms with Gasteiger partial charge in [-0.05, 0) is 55.8 Å². The third-order valence-electron chi connectivity index (χ3n) is 5.17. The zero-order valence-electron chi connectivity index (χ0n) is 18.2. The molecular formula is C21H22F2N6O3S. The van der Waals surface area contributed by atoms with Crippen molar-refractivity contribution in [2.45, 2.75) is 43.8 Å². The van der Waals surface area contributed by atoms with Crippen molar-refractivity contribution < 1.29 is 22.0 Å². The molecule has 1 atom stereocenters. The van der Waals surface area contributed by atoms with Crippen molar-refractivity contribution in [1.29, 1.82) is 0 Å². The highest BCUT2D eigenvalue weighted by Gasteiger charge is 2.37. The van der Waals surface area contributed by atoms with Crippen LogP contribution < -0.4 is 10.6 Å². The Hall–Kier alpha value is -3.25. The molecule has 2 heterocycles. The molecule has 0 aliphatic carbocycles. The van der Waals surface area contributed by atoms with Crippen molar-refractivity contribution in [2.75, 3.05) is 10.7 Å². The minimum absolute atomic E-state index is 0.0548. The van der Waals surface area contributed by atoms with Crippen LogP contribution in [-0.2, 0) is 26.7 Å². The normalized spacial score (nSPS) is 18.2.